The Hall–Kier alpha value is -2.56. The minimum Gasteiger partial charge on any atom is -0.360 e. The molecule has 1 amide bonds. The lowest BCUT2D eigenvalue weighted by Crippen LogP contribution is -2.50. The largest absolute Gasteiger partial charge is 0.360 e. The molecule has 1 aliphatic rings. The van der Waals surface area contributed by atoms with E-state index in [0.29, 0.717) is 23.7 Å². The summed E-state index contributed by atoms with van der Waals surface area (Å²) in [4.78, 5) is 16.3. The Morgan fingerprint density at radius 3 is 2.32 bits per heavy atom. The lowest BCUT2D eigenvalue weighted by atomic mass is 10.1. The topological polar surface area (TPSA) is 83.7 Å². The van der Waals surface area contributed by atoms with Crippen molar-refractivity contribution in [2.24, 2.45) is 0 Å². The predicted molar refractivity (Wildman–Crippen MR) is 115 cm³/mol. The highest BCUT2D eigenvalue weighted by Crippen LogP contribution is 2.33. The molecule has 0 atom stereocenters. The number of halogens is 1. The monoisotopic (exact) mass is 463 g/mol. The first-order chi connectivity index (χ1) is 14.7. The Morgan fingerprint density at radius 1 is 1.10 bits per heavy atom. The van der Waals surface area contributed by atoms with E-state index in [2.05, 4.69) is 5.16 Å². The average molecular weight is 464 g/mol. The van der Waals surface area contributed by atoms with Gasteiger partial charge in [-0.15, -0.1) is 11.3 Å². The van der Waals surface area contributed by atoms with Crippen molar-refractivity contribution in [3.8, 4) is 10.4 Å². The van der Waals surface area contributed by atoms with Crippen LogP contribution in [0.5, 0.6) is 0 Å². The molecule has 164 valence electrons. The second-order valence-corrected chi connectivity index (χ2v) is 10.4. The molecule has 3 heterocycles. The third-order valence-electron chi connectivity index (χ3n) is 5.33. The smallest absolute Gasteiger partial charge is 0.264 e. The molecule has 10 heteroatoms. The quantitative estimate of drug-likeness (QED) is 0.590. The Kier molecular flexibility index (Phi) is 5.71. The fourth-order valence-electron chi connectivity index (χ4n) is 3.73. The molecule has 0 bridgehead atoms. The number of carbonyl (C=O) groups is 1. The van der Waals surface area contributed by atoms with Gasteiger partial charge >= 0.3 is 0 Å². The Bertz CT molecular complexity index is 1200. The highest BCUT2D eigenvalue weighted by Gasteiger charge is 2.34. The van der Waals surface area contributed by atoms with Gasteiger partial charge in [0.2, 0.25) is 10.0 Å². The SMILES string of the molecule is Cc1cc(C(=O)N2CCN(S(=O)(=O)c3c(C)noc3C)CC2)sc1-c1ccc(F)cc1. The molecule has 0 saturated carbocycles. The fourth-order valence-corrected chi connectivity index (χ4v) is 6.59. The third kappa shape index (κ3) is 4.02. The van der Waals surface area contributed by atoms with Crippen LogP contribution in [0.15, 0.2) is 39.8 Å². The Morgan fingerprint density at radius 2 is 1.74 bits per heavy atom. The highest BCUT2D eigenvalue weighted by molar-refractivity contribution is 7.89. The molecule has 31 heavy (non-hydrogen) atoms. The maximum atomic E-state index is 13.2. The molecule has 1 aliphatic heterocycles. The molecule has 7 nitrogen and oxygen atoms in total. The van der Waals surface area contributed by atoms with E-state index < -0.39 is 10.0 Å². The number of hydrogen-bond donors (Lipinski definition) is 0. The van der Waals surface area contributed by atoms with Gasteiger partial charge in [0.15, 0.2) is 5.76 Å². The maximum absolute atomic E-state index is 13.2. The number of rotatable bonds is 4. The summed E-state index contributed by atoms with van der Waals surface area (Å²) in [7, 11) is -3.72. The standard InChI is InChI=1S/C21H22FN3O4S2/c1-13-12-18(30-19(13)16-4-6-17(22)7-5-16)21(26)24-8-10-25(11-9-24)31(27,28)20-14(2)23-29-15(20)3/h4-7,12H,8-11H2,1-3H3. The number of hydrogen-bond acceptors (Lipinski definition) is 6. The normalized spacial score (nSPS) is 15.4. The van der Waals surface area contributed by atoms with Crippen LogP contribution >= 0.6 is 11.3 Å². The molecule has 0 unspecified atom stereocenters. The van der Waals surface area contributed by atoms with Gasteiger partial charge in [-0.2, -0.15) is 4.31 Å². The molecule has 2 aromatic heterocycles. The molecule has 1 fully saturated rings. The molecule has 0 N–H and O–H groups in total. The number of benzene rings is 1. The number of aromatic nitrogens is 1. The molecule has 1 saturated heterocycles. The molecule has 1 aromatic carbocycles. The molecular formula is C21H22FN3O4S2. The maximum Gasteiger partial charge on any atom is 0.264 e. The minimum atomic E-state index is -3.72. The summed E-state index contributed by atoms with van der Waals surface area (Å²) >= 11 is 1.36. The van der Waals surface area contributed by atoms with E-state index in [9.17, 15) is 17.6 Å². The third-order valence-corrected chi connectivity index (χ3v) is 8.74. The highest BCUT2D eigenvalue weighted by atomic mass is 32.2. The predicted octanol–water partition coefficient (Wildman–Crippen LogP) is 3.61. The molecule has 0 aliphatic carbocycles. The number of carbonyl (C=O) groups excluding carboxylic acids is 1. The van der Waals surface area contributed by atoms with Crippen molar-refractivity contribution in [3.05, 3.63) is 58.0 Å². The first-order valence-corrected chi connectivity index (χ1v) is 12.0. The van der Waals surface area contributed by atoms with Crippen molar-refractivity contribution in [3.63, 3.8) is 0 Å². The first-order valence-electron chi connectivity index (χ1n) is 9.77. The van der Waals surface area contributed by atoms with Crippen molar-refractivity contribution in [2.75, 3.05) is 26.2 Å². The Balaban J connectivity index is 1.48. The van der Waals surface area contributed by atoms with Crippen LogP contribution in [-0.4, -0.2) is 54.9 Å². The number of sulfonamides is 1. The van der Waals surface area contributed by atoms with Gasteiger partial charge in [0, 0.05) is 31.1 Å². The number of aryl methyl sites for hydroxylation is 3. The molecular weight excluding hydrogens is 441 g/mol. The zero-order chi connectivity index (χ0) is 22.3. The van der Waals surface area contributed by atoms with Crippen molar-refractivity contribution in [2.45, 2.75) is 25.7 Å². The summed E-state index contributed by atoms with van der Waals surface area (Å²) in [6.45, 7) is 6.08. The van der Waals surface area contributed by atoms with E-state index >= 15 is 0 Å². The summed E-state index contributed by atoms with van der Waals surface area (Å²) in [5, 5.41) is 3.74. The van der Waals surface area contributed by atoms with Gasteiger partial charge in [0.1, 0.15) is 16.4 Å². The fraction of sp³-hybridized carbons (Fsp3) is 0.333. The Labute approximate surface area is 184 Å². The van der Waals surface area contributed by atoms with Crippen LogP contribution in [0, 0.1) is 26.6 Å². The number of nitrogens with zero attached hydrogens (tertiary/aromatic N) is 3. The van der Waals surface area contributed by atoms with Gasteiger partial charge in [0.05, 0.1) is 4.88 Å². The van der Waals surface area contributed by atoms with Crippen LogP contribution in [0.3, 0.4) is 0 Å². The minimum absolute atomic E-state index is 0.102. The van der Waals surface area contributed by atoms with Gasteiger partial charge < -0.3 is 9.42 Å². The van der Waals surface area contributed by atoms with Crippen molar-refractivity contribution in [1.82, 2.24) is 14.4 Å². The second-order valence-electron chi connectivity index (χ2n) is 7.48. The van der Waals surface area contributed by atoms with Crippen LogP contribution < -0.4 is 0 Å². The van der Waals surface area contributed by atoms with Gasteiger partial charge in [-0.05, 0) is 50.1 Å². The summed E-state index contributed by atoms with van der Waals surface area (Å²) in [5.41, 5.74) is 2.14. The molecule has 4 rings (SSSR count). The van der Waals surface area contributed by atoms with E-state index in [-0.39, 0.29) is 35.5 Å². The summed E-state index contributed by atoms with van der Waals surface area (Å²) < 4.78 is 45.5. The second kappa shape index (κ2) is 8.18. The van der Waals surface area contributed by atoms with E-state index in [1.54, 1.807) is 30.9 Å². The van der Waals surface area contributed by atoms with Crippen LogP contribution in [0.4, 0.5) is 4.39 Å². The number of piperazine rings is 1. The van der Waals surface area contributed by atoms with Gasteiger partial charge in [-0.3, -0.25) is 4.79 Å². The van der Waals surface area contributed by atoms with Crippen molar-refractivity contribution < 1.29 is 22.1 Å². The van der Waals surface area contributed by atoms with Crippen molar-refractivity contribution in [1.29, 1.82) is 0 Å². The molecule has 0 radical (unpaired) electrons. The lowest BCUT2D eigenvalue weighted by molar-refractivity contribution is 0.0702. The van der Waals surface area contributed by atoms with E-state index in [4.69, 9.17) is 4.52 Å². The molecule has 0 spiro atoms. The summed E-state index contributed by atoms with van der Waals surface area (Å²) in [5.74, 6) is -0.173. The molecule has 3 aromatic rings. The van der Waals surface area contributed by atoms with Gasteiger partial charge in [0.25, 0.3) is 5.91 Å². The lowest BCUT2D eigenvalue weighted by Gasteiger charge is -2.33. The zero-order valence-corrected chi connectivity index (χ0v) is 19.0. The van der Waals surface area contributed by atoms with Crippen LogP contribution in [0.1, 0.15) is 26.7 Å². The van der Waals surface area contributed by atoms with Crippen molar-refractivity contribution >= 4 is 27.3 Å². The zero-order valence-electron chi connectivity index (χ0n) is 17.4. The van der Waals surface area contributed by atoms with Crippen LogP contribution in [-0.2, 0) is 10.0 Å². The van der Waals surface area contributed by atoms with E-state index in [1.165, 1.54) is 27.8 Å². The summed E-state index contributed by atoms with van der Waals surface area (Å²) in [6.07, 6.45) is 0. The van der Waals surface area contributed by atoms with Gasteiger partial charge in [-0.25, -0.2) is 12.8 Å². The van der Waals surface area contributed by atoms with Crippen LogP contribution in [0.25, 0.3) is 10.4 Å². The van der Waals surface area contributed by atoms with Gasteiger partial charge in [-0.1, -0.05) is 17.3 Å². The first kappa shape index (κ1) is 21.7. The van der Waals surface area contributed by atoms with E-state index in [0.717, 1.165) is 16.0 Å². The van der Waals surface area contributed by atoms with E-state index in [1.807, 2.05) is 13.0 Å². The average Bonchev–Trinajstić information content (AvgIpc) is 3.30. The number of amides is 1. The summed E-state index contributed by atoms with van der Waals surface area (Å²) in [6, 6.07) is 8.02. The van der Waals surface area contributed by atoms with Crippen LogP contribution in [0.2, 0.25) is 0 Å². The number of thiophene rings is 1.